The standard InChI is InChI=1S/C15H18F3NO/c1-9(2)19-11(7-10(3)20)8-12-13(15(16,17)18)5-4-6-14(12)19/h4-6,9,11H,7-8H2,1-3H3. The van der Waals surface area contributed by atoms with Crippen LogP contribution in [0.15, 0.2) is 18.2 Å². The summed E-state index contributed by atoms with van der Waals surface area (Å²) in [5.41, 5.74) is 0.354. The lowest BCUT2D eigenvalue weighted by Crippen LogP contribution is -2.38. The SMILES string of the molecule is CC(=O)CC1Cc2c(cccc2C(F)(F)F)N1C(C)C. The van der Waals surface area contributed by atoms with Crippen LogP contribution in [0.5, 0.6) is 0 Å². The first-order valence-electron chi connectivity index (χ1n) is 6.68. The molecule has 0 aliphatic carbocycles. The quantitative estimate of drug-likeness (QED) is 0.841. The summed E-state index contributed by atoms with van der Waals surface area (Å²) in [6, 6.07) is 4.15. The second-order valence-electron chi connectivity index (χ2n) is 5.57. The van der Waals surface area contributed by atoms with Crippen LogP contribution in [0, 0.1) is 0 Å². The van der Waals surface area contributed by atoms with Gasteiger partial charge in [0.05, 0.1) is 5.56 Å². The summed E-state index contributed by atoms with van der Waals surface area (Å²) < 4.78 is 39.2. The second-order valence-corrected chi connectivity index (χ2v) is 5.57. The Morgan fingerprint density at radius 1 is 1.40 bits per heavy atom. The van der Waals surface area contributed by atoms with Gasteiger partial charge in [0, 0.05) is 24.2 Å². The molecule has 1 heterocycles. The van der Waals surface area contributed by atoms with Crippen LogP contribution in [-0.2, 0) is 17.4 Å². The van der Waals surface area contributed by atoms with Crippen molar-refractivity contribution in [3.05, 3.63) is 29.3 Å². The molecule has 0 saturated heterocycles. The molecule has 5 heteroatoms. The molecule has 2 nitrogen and oxygen atoms in total. The van der Waals surface area contributed by atoms with Crippen LogP contribution in [-0.4, -0.2) is 17.9 Å². The number of hydrogen-bond acceptors (Lipinski definition) is 2. The minimum Gasteiger partial charge on any atom is -0.365 e. The molecule has 0 N–H and O–H groups in total. The number of rotatable bonds is 3. The molecule has 1 aliphatic heterocycles. The van der Waals surface area contributed by atoms with Crippen molar-refractivity contribution < 1.29 is 18.0 Å². The fourth-order valence-corrected chi connectivity index (χ4v) is 3.03. The molecule has 1 aliphatic rings. The molecule has 110 valence electrons. The molecule has 0 radical (unpaired) electrons. The van der Waals surface area contributed by atoms with Gasteiger partial charge in [0.15, 0.2) is 0 Å². The highest BCUT2D eigenvalue weighted by atomic mass is 19.4. The molecule has 2 rings (SSSR count). The van der Waals surface area contributed by atoms with Crippen molar-refractivity contribution in [2.75, 3.05) is 4.90 Å². The van der Waals surface area contributed by atoms with Crippen molar-refractivity contribution in [1.29, 1.82) is 0 Å². The lowest BCUT2D eigenvalue weighted by molar-refractivity contribution is -0.138. The van der Waals surface area contributed by atoms with Crippen molar-refractivity contribution in [2.45, 2.75) is 51.9 Å². The van der Waals surface area contributed by atoms with E-state index in [9.17, 15) is 18.0 Å². The van der Waals surface area contributed by atoms with E-state index in [0.29, 0.717) is 11.3 Å². The molecule has 1 aromatic rings. The highest BCUT2D eigenvalue weighted by Gasteiger charge is 2.40. The number of Topliss-reactive ketones (excluding diaryl/α,β-unsaturated/α-hetero) is 1. The van der Waals surface area contributed by atoms with Gasteiger partial charge in [-0.3, -0.25) is 4.79 Å². The van der Waals surface area contributed by atoms with E-state index in [1.165, 1.54) is 13.0 Å². The van der Waals surface area contributed by atoms with E-state index in [1.54, 1.807) is 6.07 Å². The van der Waals surface area contributed by atoms with Crippen molar-refractivity contribution in [1.82, 2.24) is 0 Å². The summed E-state index contributed by atoms with van der Waals surface area (Å²) in [7, 11) is 0. The zero-order valence-corrected chi connectivity index (χ0v) is 11.8. The Kier molecular flexibility index (Phi) is 3.80. The Labute approximate surface area is 116 Å². The first-order valence-corrected chi connectivity index (χ1v) is 6.68. The maximum absolute atomic E-state index is 13.1. The molecular formula is C15H18F3NO. The molecule has 1 aromatic carbocycles. The number of fused-ring (bicyclic) bond motifs is 1. The van der Waals surface area contributed by atoms with Gasteiger partial charge < -0.3 is 4.90 Å². The van der Waals surface area contributed by atoms with Crippen molar-refractivity contribution >= 4 is 11.5 Å². The summed E-state index contributed by atoms with van der Waals surface area (Å²) in [6.07, 6.45) is -3.79. The number of anilines is 1. The topological polar surface area (TPSA) is 20.3 Å². The van der Waals surface area contributed by atoms with E-state index in [2.05, 4.69) is 0 Å². The van der Waals surface area contributed by atoms with Gasteiger partial charge in [-0.15, -0.1) is 0 Å². The zero-order chi connectivity index (χ0) is 15.1. The third-order valence-electron chi connectivity index (χ3n) is 3.65. The van der Waals surface area contributed by atoms with Gasteiger partial charge in [0.25, 0.3) is 0 Å². The number of carbonyl (C=O) groups is 1. The minimum absolute atomic E-state index is 0.00187. The third-order valence-corrected chi connectivity index (χ3v) is 3.65. The Balaban J connectivity index is 2.47. The number of ketones is 1. The highest BCUT2D eigenvalue weighted by molar-refractivity contribution is 5.78. The minimum atomic E-state index is -4.35. The normalized spacial score (nSPS) is 18.6. The van der Waals surface area contributed by atoms with E-state index < -0.39 is 11.7 Å². The van der Waals surface area contributed by atoms with E-state index in [-0.39, 0.29) is 30.7 Å². The van der Waals surface area contributed by atoms with E-state index in [0.717, 1.165) is 6.07 Å². The van der Waals surface area contributed by atoms with Gasteiger partial charge >= 0.3 is 6.18 Å². The molecule has 0 spiro atoms. The van der Waals surface area contributed by atoms with E-state index >= 15 is 0 Å². The monoisotopic (exact) mass is 285 g/mol. The molecule has 0 fully saturated rings. The fraction of sp³-hybridized carbons (Fsp3) is 0.533. The number of nitrogens with zero attached hydrogens (tertiary/aromatic N) is 1. The van der Waals surface area contributed by atoms with Crippen molar-refractivity contribution in [3.63, 3.8) is 0 Å². The average Bonchev–Trinajstić information content (AvgIpc) is 2.63. The van der Waals surface area contributed by atoms with Crippen LogP contribution in [0.25, 0.3) is 0 Å². The van der Waals surface area contributed by atoms with Crippen LogP contribution in [0.4, 0.5) is 18.9 Å². The van der Waals surface area contributed by atoms with Crippen molar-refractivity contribution in [2.24, 2.45) is 0 Å². The number of carbonyl (C=O) groups excluding carboxylic acids is 1. The fourth-order valence-electron chi connectivity index (χ4n) is 3.03. The average molecular weight is 285 g/mol. The first kappa shape index (κ1) is 14.9. The summed E-state index contributed by atoms with van der Waals surface area (Å²) >= 11 is 0. The predicted octanol–water partition coefficient (Wildman–Crippen LogP) is 3.82. The molecule has 0 bridgehead atoms. The van der Waals surface area contributed by atoms with Gasteiger partial charge in [-0.1, -0.05) is 6.07 Å². The number of alkyl halides is 3. The number of halogens is 3. The van der Waals surface area contributed by atoms with E-state index in [4.69, 9.17) is 0 Å². The Bertz CT molecular complexity index is 522. The molecule has 20 heavy (non-hydrogen) atoms. The summed E-state index contributed by atoms with van der Waals surface area (Å²) in [6.45, 7) is 5.34. The van der Waals surface area contributed by atoms with Crippen LogP contribution < -0.4 is 4.90 Å². The van der Waals surface area contributed by atoms with Gasteiger partial charge in [0.2, 0.25) is 0 Å². The molecule has 1 unspecified atom stereocenters. The third kappa shape index (κ3) is 2.67. The van der Waals surface area contributed by atoms with Gasteiger partial charge in [-0.05, 0) is 44.9 Å². The van der Waals surface area contributed by atoms with Crippen LogP contribution in [0.3, 0.4) is 0 Å². The number of hydrogen-bond donors (Lipinski definition) is 0. The van der Waals surface area contributed by atoms with E-state index in [1.807, 2.05) is 18.7 Å². The van der Waals surface area contributed by atoms with Crippen LogP contribution in [0.1, 0.15) is 38.3 Å². The molecule has 0 amide bonds. The van der Waals surface area contributed by atoms with Gasteiger partial charge in [0.1, 0.15) is 5.78 Å². The lowest BCUT2D eigenvalue weighted by atomic mass is 10.0. The largest absolute Gasteiger partial charge is 0.416 e. The molecular weight excluding hydrogens is 267 g/mol. The highest BCUT2D eigenvalue weighted by Crippen LogP contribution is 2.42. The molecule has 0 saturated carbocycles. The van der Waals surface area contributed by atoms with Gasteiger partial charge in [-0.2, -0.15) is 13.2 Å². The second kappa shape index (κ2) is 5.11. The van der Waals surface area contributed by atoms with Crippen LogP contribution >= 0.6 is 0 Å². The summed E-state index contributed by atoms with van der Waals surface area (Å²) in [5.74, 6) is 0.00187. The molecule has 1 atom stereocenters. The Morgan fingerprint density at radius 3 is 2.55 bits per heavy atom. The smallest absolute Gasteiger partial charge is 0.365 e. The van der Waals surface area contributed by atoms with Crippen LogP contribution in [0.2, 0.25) is 0 Å². The summed E-state index contributed by atoms with van der Waals surface area (Å²) in [5, 5.41) is 0. The summed E-state index contributed by atoms with van der Waals surface area (Å²) in [4.78, 5) is 13.3. The first-order chi connectivity index (χ1) is 9.21. The maximum atomic E-state index is 13.1. The van der Waals surface area contributed by atoms with Crippen molar-refractivity contribution in [3.8, 4) is 0 Å². The molecule has 0 aromatic heterocycles. The zero-order valence-electron chi connectivity index (χ0n) is 11.8. The van der Waals surface area contributed by atoms with Gasteiger partial charge in [-0.25, -0.2) is 0 Å². The Hall–Kier alpha value is -1.52. The predicted molar refractivity (Wildman–Crippen MR) is 71.8 cm³/mol. The number of benzene rings is 1. The maximum Gasteiger partial charge on any atom is 0.416 e. The Morgan fingerprint density at radius 2 is 2.05 bits per heavy atom. The lowest BCUT2D eigenvalue weighted by Gasteiger charge is -2.31.